The number of imide groups is 1. The zero-order valence-electron chi connectivity index (χ0n) is 12.9. The second-order valence-electron chi connectivity index (χ2n) is 5.23. The molecule has 1 N–H and O–H groups in total. The Balaban J connectivity index is 1.69. The second-order valence-corrected chi connectivity index (χ2v) is 6.23. The molecule has 1 aliphatic heterocycles. The molecule has 1 saturated heterocycles. The molecular weight excluding hydrogens is 343 g/mol. The molecule has 2 aromatic rings. The van der Waals surface area contributed by atoms with E-state index in [0.29, 0.717) is 11.3 Å². The van der Waals surface area contributed by atoms with Gasteiger partial charge in [0, 0.05) is 5.69 Å². The first-order valence-electron chi connectivity index (χ1n) is 7.39. The summed E-state index contributed by atoms with van der Waals surface area (Å²) in [6, 6.07) is 14.3. The molecule has 5 nitrogen and oxygen atoms in total. The fourth-order valence-corrected chi connectivity index (χ4v) is 3.05. The maximum Gasteiger partial charge on any atom is 0.294 e. The number of halogens is 1. The zero-order chi connectivity index (χ0) is 17.8. The zero-order valence-corrected chi connectivity index (χ0v) is 13.8. The quantitative estimate of drug-likeness (QED) is 0.852. The van der Waals surface area contributed by atoms with Crippen LogP contribution in [0.15, 0.2) is 59.5 Å². The lowest BCUT2D eigenvalue weighted by Gasteiger charge is -2.12. The first-order valence-corrected chi connectivity index (χ1v) is 8.20. The first kappa shape index (κ1) is 16.9. The molecular formula is C18H13FN2O3S. The first-order chi connectivity index (χ1) is 12.0. The topological polar surface area (TPSA) is 66.5 Å². The summed E-state index contributed by atoms with van der Waals surface area (Å²) in [7, 11) is 0. The minimum Gasteiger partial charge on any atom is -0.325 e. The summed E-state index contributed by atoms with van der Waals surface area (Å²) in [5.41, 5.74) is 1.18. The van der Waals surface area contributed by atoms with Crippen molar-refractivity contribution in [2.45, 2.75) is 0 Å². The second kappa shape index (κ2) is 7.31. The van der Waals surface area contributed by atoms with Gasteiger partial charge < -0.3 is 5.32 Å². The van der Waals surface area contributed by atoms with Crippen molar-refractivity contribution in [3.05, 3.63) is 70.9 Å². The van der Waals surface area contributed by atoms with E-state index in [0.717, 1.165) is 16.7 Å². The largest absolute Gasteiger partial charge is 0.325 e. The predicted octanol–water partition coefficient (Wildman–Crippen LogP) is 3.50. The Morgan fingerprint density at radius 2 is 1.76 bits per heavy atom. The number of thioether (sulfide) groups is 1. The van der Waals surface area contributed by atoms with Crippen molar-refractivity contribution in [3.63, 3.8) is 0 Å². The highest BCUT2D eigenvalue weighted by Gasteiger charge is 2.36. The highest BCUT2D eigenvalue weighted by atomic mass is 32.2. The summed E-state index contributed by atoms with van der Waals surface area (Å²) >= 11 is 0.754. The van der Waals surface area contributed by atoms with Crippen LogP contribution in [0.1, 0.15) is 5.56 Å². The number of anilines is 1. The van der Waals surface area contributed by atoms with Crippen molar-refractivity contribution < 1.29 is 18.8 Å². The minimum absolute atomic E-state index is 0.198. The molecule has 0 radical (unpaired) electrons. The van der Waals surface area contributed by atoms with Gasteiger partial charge in [-0.2, -0.15) is 0 Å². The summed E-state index contributed by atoms with van der Waals surface area (Å²) in [6.45, 7) is -0.361. The van der Waals surface area contributed by atoms with Gasteiger partial charge in [0.1, 0.15) is 12.4 Å². The number of rotatable bonds is 4. The average molecular weight is 356 g/mol. The van der Waals surface area contributed by atoms with Crippen LogP contribution in [0.25, 0.3) is 6.08 Å². The Morgan fingerprint density at radius 1 is 1.08 bits per heavy atom. The summed E-state index contributed by atoms with van der Waals surface area (Å²) in [4.78, 5) is 37.5. The van der Waals surface area contributed by atoms with Crippen LogP contribution in [-0.2, 0) is 9.59 Å². The Bertz CT molecular complexity index is 850. The number of hydrogen-bond donors (Lipinski definition) is 1. The van der Waals surface area contributed by atoms with E-state index in [1.54, 1.807) is 24.3 Å². The lowest BCUT2D eigenvalue weighted by Crippen LogP contribution is -2.36. The Morgan fingerprint density at radius 3 is 2.44 bits per heavy atom. The van der Waals surface area contributed by atoms with Gasteiger partial charge in [-0.05, 0) is 47.7 Å². The van der Waals surface area contributed by atoms with Crippen LogP contribution in [0, 0.1) is 5.82 Å². The van der Waals surface area contributed by atoms with Crippen LogP contribution < -0.4 is 5.32 Å². The van der Waals surface area contributed by atoms with Crippen LogP contribution in [0.4, 0.5) is 14.9 Å². The summed E-state index contributed by atoms with van der Waals surface area (Å²) in [5, 5.41) is 2.11. The van der Waals surface area contributed by atoms with Crippen molar-refractivity contribution >= 4 is 40.6 Å². The molecule has 3 amide bonds. The number of benzene rings is 2. The predicted molar refractivity (Wildman–Crippen MR) is 94.1 cm³/mol. The number of nitrogens with one attached hydrogen (secondary N) is 1. The van der Waals surface area contributed by atoms with E-state index in [1.807, 2.05) is 6.07 Å². The van der Waals surface area contributed by atoms with Gasteiger partial charge in [0.25, 0.3) is 11.1 Å². The van der Waals surface area contributed by atoms with Crippen LogP contribution in [0.2, 0.25) is 0 Å². The molecule has 0 spiro atoms. The smallest absolute Gasteiger partial charge is 0.294 e. The van der Waals surface area contributed by atoms with Crippen LogP contribution in [0.3, 0.4) is 0 Å². The van der Waals surface area contributed by atoms with Crippen molar-refractivity contribution in [2.75, 3.05) is 11.9 Å². The van der Waals surface area contributed by atoms with Gasteiger partial charge in [-0.1, -0.05) is 30.3 Å². The molecule has 0 saturated carbocycles. The SMILES string of the molecule is O=C(CN1C(=O)S/C(=C/c2ccc(F)cc2)C1=O)Nc1ccccc1. The number of carbonyl (C=O) groups is 3. The maximum absolute atomic E-state index is 12.9. The molecule has 0 bridgehead atoms. The molecule has 7 heteroatoms. The molecule has 3 rings (SSSR count). The summed E-state index contributed by atoms with van der Waals surface area (Å²) < 4.78 is 12.9. The third kappa shape index (κ3) is 4.13. The summed E-state index contributed by atoms with van der Waals surface area (Å²) in [5.74, 6) is -1.39. The minimum atomic E-state index is -0.539. The molecule has 0 aliphatic carbocycles. The van der Waals surface area contributed by atoms with E-state index in [-0.39, 0.29) is 17.3 Å². The van der Waals surface area contributed by atoms with Gasteiger partial charge in [-0.3, -0.25) is 19.3 Å². The molecule has 1 fully saturated rings. The van der Waals surface area contributed by atoms with Crippen LogP contribution >= 0.6 is 11.8 Å². The van der Waals surface area contributed by atoms with E-state index >= 15 is 0 Å². The lowest BCUT2D eigenvalue weighted by molar-refractivity contribution is -0.127. The Labute approximate surface area is 147 Å². The monoisotopic (exact) mass is 356 g/mol. The van der Waals surface area contributed by atoms with Gasteiger partial charge in [-0.25, -0.2) is 4.39 Å². The molecule has 126 valence electrons. The van der Waals surface area contributed by atoms with E-state index in [1.165, 1.54) is 30.3 Å². The van der Waals surface area contributed by atoms with Gasteiger partial charge in [0.15, 0.2) is 0 Å². The Kier molecular flexibility index (Phi) is 4.95. The number of hydrogen-bond acceptors (Lipinski definition) is 4. The highest BCUT2D eigenvalue weighted by molar-refractivity contribution is 8.18. The average Bonchev–Trinajstić information content (AvgIpc) is 2.85. The molecule has 0 aromatic heterocycles. The number of carbonyl (C=O) groups excluding carboxylic acids is 3. The standard InChI is InChI=1S/C18H13FN2O3S/c19-13-8-6-12(7-9-13)10-15-17(23)21(18(24)25-15)11-16(22)20-14-4-2-1-3-5-14/h1-10H,11H2,(H,20,22)/b15-10+. The summed E-state index contributed by atoms with van der Waals surface area (Å²) in [6.07, 6.45) is 1.50. The van der Waals surface area contributed by atoms with Gasteiger partial charge >= 0.3 is 0 Å². The highest BCUT2D eigenvalue weighted by Crippen LogP contribution is 2.32. The number of amides is 3. The van der Waals surface area contributed by atoms with E-state index in [4.69, 9.17) is 0 Å². The van der Waals surface area contributed by atoms with E-state index in [2.05, 4.69) is 5.32 Å². The van der Waals surface area contributed by atoms with E-state index in [9.17, 15) is 18.8 Å². The number of nitrogens with zero attached hydrogens (tertiary/aromatic N) is 1. The molecule has 1 aliphatic rings. The number of para-hydroxylation sites is 1. The van der Waals surface area contributed by atoms with Crippen LogP contribution in [0.5, 0.6) is 0 Å². The lowest BCUT2D eigenvalue weighted by atomic mass is 10.2. The molecule has 0 unspecified atom stereocenters. The van der Waals surface area contributed by atoms with Crippen LogP contribution in [-0.4, -0.2) is 28.5 Å². The normalized spacial score (nSPS) is 15.7. The Hall–Kier alpha value is -2.93. The maximum atomic E-state index is 12.9. The molecule has 1 heterocycles. The fraction of sp³-hybridized carbons (Fsp3) is 0.0556. The van der Waals surface area contributed by atoms with Gasteiger partial charge in [-0.15, -0.1) is 0 Å². The van der Waals surface area contributed by atoms with Crippen molar-refractivity contribution in [3.8, 4) is 0 Å². The molecule has 25 heavy (non-hydrogen) atoms. The third-order valence-electron chi connectivity index (χ3n) is 3.40. The molecule has 2 aromatic carbocycles. The van der Waals surface area contributed by atoms with Crippen molar-refractivity contribution in [1.82, 2.24) is 4.90 Å². The fourth-order valence-electron chi connectivity index (χ4n) is 2.21. The van der Waals surface area contributed by atoms with Gasteiger partial charge in [0.2, 0.25) is 5.91 Å². The van der Waals surface area contributed by atoms with Crippen molar-refractivity contribution in [1.29, 1.82) is 0 Å². The van der Waals surface area contributed by atoms with Crippen molar-refractivity contribution in [2.24, 2.45) is 0 Å². The third-order valence-corrected chi connectivity index (χ3v) is 4.31. The molecule has 0 atom stereocenters. The van der Waals surface area contributed by atoms with Gasteiger partial charge in [0.05, 0.1) is 4.91 Å². The van der Waals surface area contributed by atoms with E-state index < -0.39 is 17.1 Å².